The minimum absolute atomic E-state index is 0.308. The number of nitrogens with zero attached hydrogens (tertiary/aromatic N) is 1. The molecule has 0 radical (unpaired) electrons. The van der Waals surface area contributed by atoms with Gasteiger partial charge >= 0.3 is 0 Å². The van der Waals surface area contributed by atoms with E-state index in [1.54, 1.807) is 0 Å². The molecule has 1 heterocycles. The van der Waals surface area contributed by atoms with Crippen molar-refractivity contribution in [3.63, 3.8) is 0 Å². The Labute approximate surface area is 120 Å². The van der Waals surface area contributed by atoms with Crippen LogP contribution < -0.4 is 5.73 Å². The van der Waals surface area contributed by atoms with Crippen LogP contribution in [0.2, 0.25) is 0 Å². The van der Waals surface area contributed by atoms with Crippen molar-refractivity contribution in [2.45, 2.75) is 89.6 Å². The van der Waals surface area contributed by atoms with Crippen LogP contribution in [0.25, 0.3) is 0 Å². The summed E-state index contributed by atoms with van der Waals surface area (Å²) in [6.45, 7) is 9.29. The summed E-state index contributed by atoms with van der Waals surface area (Å²) in [6.07, 6.45) is 12.3. The lowest BCUT2D eigenvalue weighted by molar-refractivity contribution is 0.0224. The summed E-state index contributed by atoms with van der Waals surface area (Å²) in [5.41, 5.74) is 6.96. The van der Waals surface area contributed by atoms with Crippen LogP contribution in [-0.2, 0) is 0 Å². The van der Waals surface area contributed by atoms with E-state index in [4.69, 9.17) is 5.73 Å². The zero-order valence-corrected chi connectivity index (χ0v) is 13.4. The van der Waals surface area contributed by atoms with Gasteiger partial charge in [-0.05, 0) is 58.4 Å². The second-order valence-electron chi connectivity index (χ2n) is 7.58. The fourth-order valence-electron chi connectivity index (χ4n) is 4.73. The van der Waals surface area contributed by atoms with Gasteiger partial charge in [0.2, 0.25) is 0 Å². The molecule has 2 heteroatoms. The first kappa shape index (κ1) is 15.3. The van der Waals surface area contributed by atoms with E-state index in [-0.39, 0.29) is 0 Å². The SMILES string of the molecule is CCCC1CCCC(CN)(N2CCCC2(C)C)CC1. The lowest BCUT2D eigenvalue weighted by atomic mass is 9.84. The van der Waals surface area contributed by atoms with E-state index in [1.807, 2.05) is 0 Å². The lowest BCUT2D eigenvalue weighted by Gasteiger charge is -2.48. The Balaban J connectivity index is 2.10. The summed E-state index contributed by atoms with van der Waals surface area (Å²) in [6, 6.07) is 0. The molecule has 1 aliphatic carbocycles. The molecule has 2 N–H and O–H groups in total. The fraction of sp³-hybridized carbons (Fsp3) is 1.00. The van der Waals surface area contributed by atoms with E-state index in [9.17, 15) is 0 Å². The third kappa shape index (κ3) is 3.16. The molecule has 2 nitrogen and oxygen atoms in total. The van der Waals surface area contributed by atoms with Crippen LogP contribution in [0.4, 0.5) is 0 Å². The van der Waals surface area contributed by atoms with Gasteiger partial charge in [-0.2, -0.15) is 0 Å². The Hall–Kier alpha value is -0.0800. The molecule has 112 valence electrons. The largest absolute Gasteiger partial charge is 0.329 e. The molecule has 1 saturated carbocycles. The molecule has 1 saturated heterocycles. The molecule has 2 unspecified atom stereocenters. The van der Waals surface area contributed by atoms with Crippen LogP contribution >= 0.6 is 0 Å². The second-order valence-corrected chi connectivity index (χ2v) is 7.58. The van der Waals surface area contributed by atoms with Crippen molar-refractivity contribution in [1.82, 2.24) is 4.90 Å². The van der Waals surface area contributed by atoms with Crippen molar-refractivity contribution in [2.24, 2.45) is 11.7 Å². The average Bonchev–Trinajstić information content (AvgIpc) is 2.62. The van der Waals surface area contributed by atoms with Crippen molar-refractivity contribution in [3.05, 3.63) is 0 Å². The molecule has 19 heavy (non-hydrogen) atoms. The molecule has 1 aliphatic heterocycles. The van der Waals surface area contributed by atoms with Crippen LogP contribution in [0.5, 0.6) is 0 Å². The molecule has 2 atom stereocenters. The molecule has 0 spiro atoms. The van der Waals surface area contributed by atoms with Crippen molar-refractivity contribution < 1.29 is 0 Å². The van der Waals surface area contributed by atoms with E-state index < -0.39 is 0 Å². The smallest absolute Gasteiger partial charge is 0.0337 e. The Bertz CT molecular complexity index is 287. The van der Waals surface area contributed by atoms with Gasteiger partial charge in [0.15, 0.2) is 0 Å². The van der Waals surface area contributed by atoms with Gasteiger partial charge in [-0.3, -0.25) is 4.90 Å². The average molecular weight is 266 g/mol. The topological polar surface area (TPSA) is 29.3 Å². The van der Waals surface area contributed by atoms with Crippen molar-refractivity contribution in [2.75, 3.05) is 13.1 Å². The summed E-state index contributed by atoms with van der Waals surface area (Å²) >= 11 is 0. The Morgan fingerprint density at radius 1 is 1.11 bits per heavy atom. The first-order chi connectivity index (χ1) is 9.04. The molecule has 0 aromatic rings. The third-order valence-corrected chi connectivity index (χ3v) is 5.82. The third-order valence-electron chi connectivity index (χ3n) is 5.82. The van der Waals surface area contributed by atoms with Crippen LogP contribution in [0, 0.1) is 5.92 Å². The lowest BCUT2D eigenvalue weighted by Crippen LogP contribution is -2.58. The molecule has 0 aromatic carbocycles. The number of likely N-dealkylation sites (tertiary alicyclic amines) is 1. The first-order valence-corrected chi connectivity index (χ1v) is 8.52. The van der Waals surface area contributed by atoms with Crippen LogP contribution in [0.15, 0.2) is 0 Å². The van der Waals surface area contributed by atoms with Crippen LogP contribution in [0.3, 0.4) is 0 Å². The number of rotatable bonds is 4. The van der Waals surface area contributed by atoms with Crippen molar-refractivity contribution in [3.8, 4) is 0 Å². The predicted octanol–water partition coefficient (Wildman–Crippen LogP) is 3.94. The van der Waals surface area contributed by atoms with E-state index in [0.29, 0.717) is 11.1 Å². The van der Waals surface area contributed by atoms with E-state index in [0.717, 1.165) is 12.5 Å². The van der Waals surface area contributed by atoms with Gasteiger partial charge in [0, 0.05) is 17.6 Å². The molecule has 0 aromatic heterocycles. The Morgan fingerprint density at radius 2 is 1.89 bits per heavy atom. The highest BCUT2D eigenvalue weighted by Gasteiger charge is 2.46. The first-order valence-electron chi connectivity index (χ1n) is 8.52. The summed E-state index contributed by atoms with van der Waals surface area (Å²) in [5, 5.41) is 0. The van der Waals surface area contributed by atoms with Crippen LogP contribution in [0.1, 0.15) is 78.6 Å². The van der Waals surface area contributed by atoms with Gasteiger partial charge in [0.1, 0.15) is 0 Å². The number of hydrogen-bond donors (Lipinski definition) is 1. The summed E-state index contributed by atoms with van der Waals surface area (Å²) < 4.78 is 0. The summed E-state index contributed by atoms with van der Waals surface area (Å²) in [7, 11) is 0. The number of nitrogens with two attached hydrogens (primary N) is 1. The molecule has 0 amide bonds. The summed E-state index contributed by atoms with van der Waals surface area (Å²) in [5.74, 6) is 0.962. The number of hydrogen-bond acceptors (Lipinski definition) is 2. The quantitative estimate of drug-likeness (QED) is 0.781. The molecular formula is C17H34N2. The van der Waals surface area contributed by atoms with Gasteiger partial charge in [0.25, 0.3) is 0 Å². The second kappa shape index (κ2) is 6.13. The van der Waals surface area contributed by atoms with Gasteiger partial charge < -0.3 is 5.73 Å². The van der Waals surface area contributed by atoms with Gasteiger partial charge in [-0.25, -0.2) is 0 Å². The Kier molecular flexibility index (Phi) is 4.94. The van der Waals surface area contributed by atoms with Gasteiger partial charge in [-0.15, -0.1) is 0 Å². The Morgan fingerprint density at radius 3 is 2.47 bits per heavy atom. The minimum Gasteiger partial charge on any atom is -0.329 e. The van der Waals surface area contributed by atoms with Crippen molar-refractivity contribution in [1.29, 1.82) is 0 Å². The minimum atomic E-state index is 0.308. The molecule has 2 rings (SSSR count). The maximum atomic E-state index is 6.29. The standard InChI is InChI=1S/C17H34N2/c1-4-7-15-8-5-11-17(14-18,12-9-15)19-13-6-10-16(19,2)3/h15H,4-14,18H2,1-3H3. The molecule has 2 aliphatic rings. The highest BCUT2D eigenvalue weighted by atomic mass is 15.3. The molecular weight excluding hydrogens is 232 g/mol. The molecule has 0 bridgehead atoms. The normalized spacial score (nSPS) is 36.3. The maximum absolute atomic E-state index is 6.29. The van der Waals surface area contributed by atoms with E-state index >= 15 is 0 Å². The van der Waals surface area contributed by atoms with E-state index in [2.05, 4.69) is 25.7 Å². The maximum Gasteiger partial charge on any atom is 0.0337 e. The summed E-state index contributed by atoms with van der Waals surface area (Å²) in [4.78, 5) is 2.79. The monoisotopic (exact) mass is 266 g/mol. The zero-order valence-electron chi connectivity index (χ0n) is 13.4. The highest BCUT2D eigenvalue weighted by Crippen LogP contribution is 2.42. The van der Waals surface area contributed by atoms with Gasteiger partial charge in [0.05, 0.1) is 0 Å². The zero-order chi connectivity index (χ0) is 13.9. The van der Waals surface area contributed by atoms with Crippen molar-refractivity contribution >= 4 is 0 Å². The molecule has 2 fully saturated rings. The predicted molar refractivity (Wildman–Crippen MR) is 83.3 cm³/mol. The van der Waals surface area contributed by atoms with Gasteiger partial charge in [-0.1, -0.05) is 32.6 Å². The highest BCUT2D eigenvalue weighted by molar-refractivity contribution is 5.02. The van der Waals surface area contributed by atoms with Crippen LogP contribution in [-0.4, -0.2) is 29.1 Å². The fourth-order valence-corrected chi connectivity index (χ4v) is 4.73. The van der Waals surface area contributed by atoms with E-state index in [1.165, 1.54) is 64.3 Å².